The molecule has 0 saturated carbocycles. The average molecular weight is 206 g/mol. The Kier molecular flexibility index (Phi) is 6.26. The van der Waals surface area contributed by atoms with Gasteiger partial charge in [-0.3, -0.25) is 0 Å². The molecule has 82 valence electrons. The third-order valence-corrected chi connectivity index (χ3v) is 1.77. The summed E-state index contributed by atoms with van der Waals surface area (Å²) in [4.78, 5) is 27.8. The lowest BCUT2D eigenvalue weighted by Gasteiger charge is -2.10. The third kappa shape index (κ3) is 6.10. The quantitative estimate of drug-likeness (QED) is 0.431. The number of carboxylic acid groups (broad SMARTS) is 1. The second-order valence-corrected chi connectivity index (χ2v) is 2.68. The van der Waals surface area contributed by atoms with Crippen LogP contribution in [0.4, 0.5) is 9.59 Å². The first kappa shape index (κ1) is 12.5. The zero-order valence-electron chi connectivity index (χ0n) is 8.19. The summed E-state index contributed by atoms with van der Waals surface area (Å²) in [7, 11) is 0. The van der Waals surface area contributed by atoms with E-state index in [4.69, 9.17) is 5.11 Å². The van der Waals surface area contributed by atoms with Crippen molar-refractivity contribution in [3.05, 3.63) is 0 Å². The summed E-state index contributed by atoms with van der Waals surface area (Å²) in [5.74, 6) is 0.257. The maximum Gasteiger partial charge on any atom is 0.550 e. The van der Waals surface area contributed by atoms with E-state index in [2.05, 4.69) is 14.5 Å². The molecule has 0 aromatic rings. The maximum atomic E-state index is 10.7. The van der Waals surface area contributed by atoms with Crippen molar-refractivity contribution in [3.63, 3.8) is 0 Å². The molecule has 6 heteroatoms. The van der Waals surface area contributed by atoms with Gasteiger partial charge in [0, 0.05) is 0 Å². The van der Waals surface area contributed by atoms with Gasteiger partial charge in [0.05, 0.1) is 6.61 Å². The largest absolute Gasteiger partial charge is 0.550 e. The summed E-state index contributed by atoms with van der Waals surface area (Å²) in [6.07, 6.45) is -1.07. The summed E-state index contributed by atoms with van der Waals surface area (Å²) in [6.45, 7) is 4.14. The zero-order chi connectivity index (χ0) is 11.0. The molecule has 0 amide bonds. The summed E-state index contributed by atoms with van der Waals surface area (Å²) in [5.41, 5.74) is 0. The highest BCUT2D eigenvalue weighted by atomic mass is 17.3. The van der Waals surface area contributed by atoms with Crippen molar-refractivity contribution in [1.82, 2.24) is 0 Å². The van der Waals surface area contributed by atoms with E-state index in [1.807, 2.05) is 13.8 Å². The normalized spacial score (nSPS) is 9.64. The van der Waals surface area contributed by atoms with Crippen molar-refractivity contribution in [1.29, 1.82) is 0 Å². The Morgan fingerprint density at radius 2 is 1.79 bits per heavy atom. The summed E-state index contributed by atoms with van der Waals surface area (Å²) in [6, 6.07) is 0. The summed E-state index contributed by atoms with van der Waals surface area (Å²) in [5, 5.41) is 7.98. The van der Waals surface area contributed by atoms with Crippen LogP contribution in [0.25, 0.3) is 0 Å². The van der Waals surface area contributed by atoms with E-state index in [9.17, 15) is 9.59 Å². The summed E-state index contributed by atoms with van der Waals surface area (Å²) < 4.78 is 4.59. The Hall–Kier alpha value is -1.46. The van der Waals surface area contributed by atoms with Gasteiger partial charge in [0.2, 0.25) is 0 Å². The molecule has 0 aromatic heterocycles. The van der Waals surface area contributed by atoms with E-state index in [-0.39, 0.29) is 12.5 Å². The topological polar surface area (TPSA) is 82.1 Å². The van der Waals surface area contributed by atoms with E-state index in [0.717, 1.165) is 12.8 Å². The first-order chi connectivity index (χ1) is 6.60. The van der Waals surface area contributed by atoms with Crippen LogP contribution >= 0.6 is 0 Å². The minimum atomic E-state index is -1.69. The lowest BCUT2D eigenvalue weighted by atomic mass is 10.1. The number of hydrogen-bond acceptors (Lipinski definition) is 5. The highest BCUT2D eigenvalue weighted by Gasteiger charge is 2.11. The van der Waals surface area contributed by atoms with E-state index in [1.54, 1.807) is 0 Å². The van der Waals surface area contributed by atoms with Crippen molar-refractivity contribution in [3.8, 4) is 0 Å². The van der Waals surface area contributed by atoms with Crippen molar-refractivity contribution < 1.29 is 29.2 Å². The monoisotopic (exact) mass is 206 g/mol. The summed E-state index contributed by atoms with van der Waals surface area (Å²) >= 11 is 0. The number of hydrogen-bond donors (Lipinski definition) is 1. The molecule has 0 aliphatic carbocycles. The standard InChI is InChI=1S/C8H14O6/c1-3-6(4-2)5-12-8(11)14-13-7(9)10/h6H,3-5H2,1-2H3,(H,9,10). The van der Waals surface area contributed by atoms with Gasteiger partial charge in [-0.15, -0.1) is 0 Å². The highest BCUT2D eigenvalue weighted by Crippen LogP contribution is 2.07. The third-order valence-electron chi connectivity index (χ3n) is 1.77. The Bertz CT molecular complexity index is 186. The molecule has 0 rings (SSSR count). The van der Waals surface area contributed by atoms with Crippen molar-refractivity contribution in [2.24, 2.45) is 5.92 Å². The van der Waals surface area contributed by atoms with E-state index < -0.39 is 12.3 Å². The molecule has 1 N–H and O–H groups in total. The van der Waals surface area contributed by atoms with Crippen LogP contribution in [0.5, 0.6) is 0 Å². The first-order valence-corrected chi connectivity index (χ1v) is 4.34. The molecule has 0 radical (unpaired) electrons. The van der Waals surface area contributed by atoms with E-state index in [0.29, 0.717) is 0 Å². The SMILES string of the molecule is CCC(CC)COC(=O)OOC(=O)O. The first-order valence-electron chi connectivity index (χ1n) is 4.34. The predicted octanol–water partition coefficient (Wildman–Crippen LogP) is 2.19. The Morgan fingerprint density at radius 3 is 2.21 bits per heavy atom. The lowest BCUT2D eigenvalue weighted by molar-refractivity contribution is -0.214. The molecule has 14 heavy (non-hydrogen) atoms. The highest BCUT2D eigenvalue weighted by molar-refractivity contribution is 5.62. The number of carbonyl (C=O) groups is 2. The van der Waals surface area contributed by atoms with Crippen LogP contribution in [0.3, 0.4) is 0 Å². The van der Waals surface area contributed by atoms with Crippen molar-refractivity contribution >= 4 is 12.3 Å². The second kappa shape index (κ2) is 6.99. The fourth-order valence-electron chi connectivity index (χ4n) is 0.804. The van der Waals surface area contributed by atoms with Crippen LogP contribution < -0.4 is 0 Å². The molecule has 0 heterocycles. The van der Waals surface area contributed by atoms with Crippen LogP contribution in [0, 0.1) is 5.92 Å². The Balaban J connectivity index is 3.57. The lowest BCUT2D eigenvalue weighted by Crippen LogP contribution is -2.15. The predicted molar refractivity (Wildman–Crippen MR) is 45.6 cm³/mol. The molecule has 0 unspecified atom stereocenters. The van der Waals surface area contributed by atoms with Crippen LogP contribution in [-0.2, 0) is 14.5 Å². The minimum Gasteiger partial charge on any atom is -0.447 e. The van der Waals surface area contributed by atoms with Crippen molar-refractivity contribution in [2.75, 3.05) is 6.61 Å². The Labute approximate surface area is 81.7 Å². The van der Waals surface area contributed by atoms with Crippen LogP contribution in [0.2, 0.25) is 0 Å². The van der Waals surface area contributed by atoms with E-state index >= 15 is 0 Å². The van der Waals surface area contributed by atoms with Crippen LogP contribution in [0.1, 0.15) is 26.7 Å². The molecule has 0 aliphatic heterocycles. The molecule has 0 saturated heterocycles. The van der Waals surface area contributed by atoms with Gasteiger partial charge in [-0.05, 0) is 5.92 Å². The Morgan fingerprint density at radius 1 is 1.21 bits per heavy atom. The average Bonchev–Trinajstić information content (AvgIpc) is 2.16. The smallest absolute Gasteiger partial charge is 0.447 e. The van der Waals surface area contributed by atoms with E-state index in [1.165, 1.54) is 0 Å². The second-order valence-electron chi connectivity index (χ2n) is 2.68. The molecule has 0 bridgehead atoms. The van der Waals surface area contributed by atoms with Gasteiger partial charge in [0.1, 0.15) is 0 Å². The zero-order valence-corrected chi connectivity index (χ0v) is 8.19. The van der Waals surface area contributed by atoms with Gasteiger partial charge in [-0.25, -0.2) is 9.68 Å². The molecule has 0 atom stereocenters. The van der Waals surface area contributed by atoms with Gasteiger partial charge >= 0.3 is 12.3 Å². The molecule has 0 fully saturated rings. The van der Waals surface area contributed by atoms with Crippen LogP contribution in [0.15, 0.2) is 0 Å². The van der Waals surface area contributed by atoms with Gasteiger partial charge in [-0.2, -0.15) is 9.68 Å². The molecule has 0 aromatic carbocycles. The fourth-order valence-corrected chi connectivity index (χ4v) is 0.804. The molecular formula is C8H14O6. The molecular weight excluding hydrogens is 192 g/mol. The van der Waals surface area contributed by atoms with Gasteiger partial charge in [0.25, 0.3) is 0 Å². The van der Waals surface area contributed by atoms with Crippen LogP contribution in [-0.4, -0.2) is 24.0 Å². The molecule has 0 aliphatic rings. The molecule has 0 spiro atoms. The fraction of sp³-hybridized carbons (Fsp3) is 0.750. The van der Waals surface area contributed by atoms with Gasteiger partial charge in [-0.1, -0.05) is 26.7 Å². The maximum absolute atomic E-state index is 10.7. The number of ether oxygens (including phenoxy) is 1. The molecule has 6 nitrogen and oxygen atoms in total. The van der Waals surface area contributed by atoms with Gasteiger partial charge in [0.15, 0.2) is 0 Å². The minimum absolute atomic E-state index is 0.203. The number of rotatable bonds is 4. The van der Waals surface area contributed by atoms with Crippen molar-refractivity contribution in [2.45, 2.75) is 26.7 Å². The van der Waals surface area contributed by atoms with Gasteiger partial charge < -0.3 is 9.84 Å². The number of carbonyl (C=O) groups excluding carboxylic acids is 1.